The van der Waals surface area contributed by atoms with Gasteiger partial charge < -0.3 is 10.6 Å². The minimum absolute atomic E-state index is 0. The van der Waals surface area contributed by atoms with Gasteiger partial charge in [0, 0.05) is 33.2 Å². The summed E-state index contributed by atoms with van der Waals surface area (Å²) in [7, 11) is 1.56. The van der Waals surface area contributed by atoms with Crippen LogP contribution in [0.2, 0.25) is 0 Å². The van der Waals surface area contributed by atoms with Crippen molar-refractivity contribution < 1.29 is 13.2 Å². The fourth-order valence-electron chi connectivity index (χ4n) is 3.28. The lowest BCUT2D eigenvalue weighted by Crippen LogP contribution is -2.39. The van der Waals surface area contributed by atoms with E-state index in [-0.39, 0.29) is 30.5 Å². The molecule has 0 bridgehead atoms. The predicted molar refractivity (Wildman–Crippen MR) is 114 cm³/mol. The van der Waals surface area contributed by atoms with Crippen LogP contribution in [-0.2, 0) is 13.1 Å². The zero-order chi connectivity index (χ0) is 19.0. The molecule has 0 radical (unpaired) electrons. The molecule has 1 aromatic rings. The van der Waals surface area contributed by atoms with Gasteiger partial charge in [0.15, 0.2) is 5.96 Å². The van der Waals surface area contributed by atoms with Crippen LogP contribution in [0.25, 0.3) is 0 Å². The molecule has 2 rings (SSSR count). The Morgan fingerprint density at radius 3 is 2.56 bits per heavy atom. The second kappa shape index (κ2) is 11.7. The third-order valence-corrected chi connectivity index (χ3v) is 4.62. The molecule has 1 aromatic carbocycles. The summed E-state index contributed by atoms with van der Waals surface area (Å²) in [5.41, 5.74) is 2.39. The molecule has 154 valence electrons. The van der Waals surface area contributed by atoms with Gasteiger partial charge in [-0.2, -0.15) is 13.2 Å². The number of hydrogen-bond donors (Lipinski definition) is 2. The van der Waals surface area contributed by atoms with E-state index in [1.165, 1.54) is 18.4 Å². The molecule has 0 aromatic heterocycles. The van der Waals surface area contributed by atoms with E-state index in [1.54, 1.807) is 7.05 Å². The zero-order valence-electron chi connectivity index (χ0n) is 16.0. The zero-order valence-corrected chi connectivity index (χ0v) is 18.3. The highest BCUT2D eigenvalue weighted by Gasteiger charge is 2.26. The largest absolute Gasteiger partial charge is 0.390 e. The molecule has 4 nitrogen and oxygen atoms in total. The van der Waals surface area contributed by atoms with Crippen molar-refractivity contribution in [2.24, 2.45) is 10.9 Å². The van der Waals surface area contributed by atoms with E-state index in [9.17, 15) is 13.2 Å². The second-order valence-corrected chi connectivity index (χ2v) is 6.97. The predicted octanol–water partition coefficient (Wildman–Crippen LogP) is 4.15. The molecule has 1 heterocycles. The van der Waals surface area contributed by atoms with Crippen molar-refractivity contribution in [1.82, 2.24) is 15.5 Å². The van der Waals surface area contributed by atoms with Crippen LogP contribution in [0.3, 0.4) is 0 Å². The summed E-state index contributed by atoms with van der Waals surface area (Å²) >= 11 is 0. The Labute approximate surface area is 177 Å². The Morgan fingerprint density at radius 1 is 1.22 bits per heavy atom. The number of halogens is 4. The standard InChI is InChI=1S/C19H29F3N4.HI/c1-15-6-5-11-26(13-15)14-17-8-4-3-7-16(17)12-25-18(23-2)24-10-9-19(20,21)22;/h3-4,7-8,15H,5-6,9-14H2,1-2H3,(H2,23,24,25);1H. The third-order valence-electron chi connectivity index (χ3n) is 4.62. The van der Waals surface area contributed by atoms with Gasteiger partial charge in [0.05, 0.1) is 6.42 Å². The molecule has 1 aliphatic heterocycles. The first kappa shape index (κ1) is 24.0. The van der Waals surface area contributed by atoms with Crippen molar-refractivity contribution in [3.05, 3.63) is 35.4 Å². The number of nitrogens with one attached hydrogen (secondary N) is 2. The van der Waals surface area contributed by atoms with Gasteiger partial charge in [-0.3, -0.25) is 9.89 Å². The molecular weight excluding hydrogens is 468 g/mol. The molecular formula is C19H30F3IN4. The smallest absolute Gasteiger partial charge is 0.356 e. The Morgan fingerprint density at radius 2 is 1.93 bits per heavy atom. The average Bonchev–Trinajstić information content (AvgIpc) is 2.58. The number of likely N-dealkylation sites (tertiary alicyclic amines) is 1. The summed E-state index contributed by atoms with van der Waals surface area (Å²) in [4.78, 5) is 6.47. The maximum atomic E-state index is 12.3. The molecule has 2 N–H and O–H groups in total. The molecule has 1 fully saturated rings. The van der Waals surface area contributed by atoms with E-state index < -0.39 is 12.6 Å². The van der Waals surface area contributed by atoms with E-state index in [0.717, 1.165) is 31.1 Å². The summed E-state index contributed by atoms with van der Waals surface area (Å²) in [5.74, 6) is 1.11. The maximum Gasteiger partial charge on any atom is 0.390 e. The van der Waals surface area contributed by atoms with Crippen molar-refractivity contribution >= 4 is 29.9 Å². The van der Waals surface area contributed by atoms with Crippen LogP contribution in [0.1, 0.15) is 37.3 Å². The molecule has 1 saturated heterocycles. The molecule has 0 amide bonds. The highest BCUT2D eigenvalue weighted by molar-refractivity contribution is 14.0. The van der Waals surface area contributed by atoms with Crippen molar-refractivity contribution in [3.8, 4) is 0 Å². The van der Waals surface area contributed by atoms with Gasteiger partial charge >= 0.3 is 6.18 Å². The fourth-order valence-corrected chi connectivity index (χ4v) is 3.28. The number of alkyl halides is 3. The van der Waals surface area contributed by atoms with E-state index in [2.05, 4.69) is 39.6 Å². The Balaban J connectivity index is 0.00000364. The van der Waals surface area contributed by atoms with Gasteiger partial charge in [-0.15, -0.1) is 24.0 Å². The van der Waals surface area contributed by atoms with E-state index in [1.807, 2.05) is 12.1 Å². The van der Waals surface area contributed by atoms with Gasteiger partial charge in [0.1, 0.15) is 0 Å². The van der Waals surface area contributed by atoms with E-state index in [4.69, 9.17) is 0 Å². The maximum absolute atomic E-state index is 12.3. The van der Waals surface area contributed by atoms with Crippen LogP contribution >= 0.6 is 24.0 Å². The van der Waals surface area contributed by atoms with Gasteiger partial charge in [-0.05, 0) is 36.4 Å². The Bertz CT molecular complexity index is 593. The second-order valence-electron chi connectivity index (χ2n) is 6.97. The number of guanidine groups is 1. The Hall–Kier alpha value is -1.03. The van der Waals surface area contributed by atoms with Gasteiger partial charge in [-0.25, -0.2) is 0 Å². The van der Waals surface area contributed by atoms with Gasteiger partial charge in [0.2, 0.25) is 0 Å². The summed E-state index contributed by atoms with van der Waals surface area (Å²) in [5, 5.41) is 5.82. The number of piperidine rings is 1. The number of rotatable bonds is 6. The van der Waals surface area contributed by atoms with Crippen LogP contribution in [0.15, 0.2) is 29.3 Å². The lowest BCUT2D eigenvalue weighted by atomic mass is 9.99. The van der Waals surface area contributed by atoms with Crippen molar-refractivity contribution in [1.29, 1.82) is 0 Å². The molecule has 0 saturated carbocycles. The number of nitrogens with zero attached hydrogens (tertiary/aromatic N) is 2. The first-order valence-electron chi connectivity index (χ1n) is 9.18. The average molecular weight is 498 g/mol. The van der Waals surface area contributed by atoms with Crippen molar-refractivity contribution in [2.75, 3.05) is 26.7 Å². The minimum atomic E-state index is -4.16. The van der Waals surface area contributed by atoms with Crippen LogP contribution in [0, 0.1) is 5.92 Å². The fraction of sp³-hybridized carbons (Fsp3) is 0.632. The summed E-state index contributed by atoms with van der Waals surface area (Å²) in [6.07, 6.45) is -2.52. The van der Waals surface area contributed by atoms with Crippen LogP contribution < -0.4 is 10.6 Å². The quantitative estimate of drug-likeness (QED) is 0.352. The van der Waals surface area contributed by atoms with E-state index >= 15 is 0 Å². The van der Waals surface area contributed by atoms with Gasteiger partial charge in [0.25, 0.3) is 0 Å². The number of hydrogen-bond acceptors (Lipinski definition) is 2. The summed E-state index contributed by atoms with van der Waals surface area (Å²) < 4.78 is 36.8. The van der Waals surface area contributed by atoms with Crippen LogP contribution in [-0.4, -0.2) is 43.7 Å². The highest BCUT2D eigenvalue weighted by atomic mass is 127. The number of benzene rings is 1. The highest BCUT2D eigenvalue weighted by Crippen LogP contribution is 2.20. The number of aliphatic imine (C=N–C) groups is 1. The molecule has 0 spiro atoms. The molecule has 1 aliphatic rings. The minimum Gasteiger partial charge on any atom is -0.356 e. The van der Waals surface area contributed by atoms with Crippen LogP contribution in [0.5, 0.6) is 0 Å². The first-order chi connectivity index (χ1) is 12.4. The normalized spacial score (nSPS) is 18.7. The summed E-state index contributed by atoms with van der Waals surface area (Å²) in [6, 6.07) is 8.19. The van der Waals surface area contributed by atoms with Crippen molar-refractivity contribution in [2.45, 2.75) is 45.5 Å². The molecule has 1 atom stereocenters. The van der Waals surface area contributed by atoms with Crippen molar-refractivity contribution in [3.63, 3.8) is 0 Å². The first-order valence-corrected chi connectivity index (χ1v) is 9.18. The monoisotopic (exact) mass is 498 g/mol. The topological polar surface area (TPSA) is 39.7 Å². The third kappa shape index (κ3) is 9.14. The van der Waals surface area contributed by atoms with E-state index in [0.29, 0.717) is 12.5 Å². The molecule has 27 heavy (non-hydrogen) atoms. The van der Waals surface area contributed by atoms with Crippen LogP contribution in [0.4, 0.5) is 13.2 Å². The Kier molecular flexibility index (Phi) is 10.4. The lowest BCUT2D eigenvalue weighted by Gasteiger charge is -2.31. The SMILES string of the molecule is CN=C(NCCC(F)(F)F)NCc1ccccc1CN1CCCC(C)C1.I. The molecule has 0 aliphatic carbocycles. The molecule has 1 unspecified atom stereocenters. The summed E-state index contributed by atoms with van der Waals surface area (Å²) in [6.45, 7) is 5.77. The van der Waals surface area contributed by atoms with Gasteiger partial charge in [-0.1, -0.05) is 31.2 Å². The lowest BCUT2D eigenvalue weighted by molar-refractivity contribution is -0.132. The molecule has 8 heteroatoms.